The van der Waals surface area contributed by atoms with Crippen LogP contribution in [-0.4, -0.2) is 27.6 Å². The zero-order chi connectivity index (χ0) is 13.4. The summed E-state index contributed by atoms with van der Waals surface area (Å²) in [6.45, 7) is 3.03. The lowest BCUT2D eigenvalue weighted by atomic mass is 10.3. The number of unbranched alkanes of at least 4 members (excludes halogenated alkanes) is 2. The summed E-state index contributed by atoms with van der Waals surface area (Å²) < 4.78 is 0. The fourth-order valence-electron chi connectivity index (χ4n) is 1.45. The normalized spacial score (nSPS) is 9.89. The van der Waals surface area contributed by atoms with Crippen LogP contribution in [0.1, 0.15) is 36.8 Å². The Balaban J connectivity index is 0.000000232. The van der Waals surface area contributed by atoms with E-state index in [2.05, 4.69) is 16.9 Å². The van der Waals surface area contributed by atoms with Gasteiger partial charge in [-0.15, -0.1) is 0 Å². The molecule has 0 unspecified atom stereocenters. The predicted octanol–water partition coefficient (Wildman–Crippen LogP) is 2.40. The zero-order valence-electron chi connectivity index (χ0n) is 10.5. The molecule has 0 aliphatic rings. The number of nitrogens with one attached hydrogen (secondary N) is 1. The molecular weight excluding hydrogens is 230 g/mol. The Bertz CT molecular complexity index is 457. The Morgan fingerprint density at radius 2 is 2.11 bits per heavy atom. The zero-order valence-corrected chi connectivity index (χ0v) is 10.5. The highest BCUT2D eigenvalue weighted by Crippen LogP contribution is 2.09. The lowest BCUT2D eigenvalue weighted by Gasteiger charge is -1.86. The molecule has 98 valence electrons. The lowest BCUT2D eigenvalue weighted by Crippen LogP contribution is -1.97. The molecule has 5 nitrogen and oxygen atoms in total. The first-order valence-electron chi connectivity index (χ1n) is 6.07. The summed E-state index contributed by atoms with van der Waals surface area (Å²) in [6, 6.07) is 7.19. The second-order valence-electron chi connectivity index (χ2n) is 3.90. The molecule has 4 N–H and O–H groups in total. The standard InChI is InChI=1S/C8H6N2O2.C5H13N/c11-8(12)7-9-5-3-1-2-4-6(5)10-7;1-2-3-4-5-6/h1-4H,(H,9,10)(H,11,12);2-6H2,1H3. The molecule has 0 saturated heterocycles. The highest BCUT2D eigenvalue weighted by Gasteiger charge is 2.07. The summed E-state index contributed by atoms with van der Waals surface area (Å²) in [6.07, 6.45) is 3.75. The van der Waals surface area contributed by atoms with Gasteiger partial charge in [-0.3, -0.25) is 0 Å². The number of aromatic carboxylic acids is 1. The number of benzene rings is 1. The van der Waals surface area contributed by atoms with Crippen molar-refractivity contribution in [2.75, 3.05) is 6.54 Å². The number of carbonyl (C=O) groups is 1. The summed E-state index contributed by atoms with van der Waals surface area (Å²) in [5, 5.41) is 8.59. The van der Waals surface area contributed by atoms with Gasteiger partial charge in [0.25, 0.3) is 0 Å². The van der Waals surface area contributed by atoms with Gasteiger partial charge in [0.15, 0.2) is 0 Å². The van der Waals surface area contributed by atoms with E-state index >= 15 is 0 Å². The van der Waals surface area contributed by atoms with Gasteiger partial charge in [0, 0.05) is 0 Å². The molecule has 0 amide bonds. The van der Waals surface area contributed by atoms with Crippen LogP contribution in [0.5, 0.6) is 0 Å². The van der Waals surface area contributed by atoms with Crippen molar-refractivity contribution >= 4 is 17.0 Å². The van der Waals surface area contributed by atoms with Crippen molar-refractivity contribution in [3.63, 3.8) is 0 Å². The molecule has 0 aliphatic heterocycles. The van der Waals surface area contributed by atoms with Crippen LogP contribution < -0.4 is 5.73 Å². The smallest absolute Gasteiger partial charge is 0.371 e. The van der Waals surface area contributed by atoms with Gasteiger partial charge >= 0.3 is 5.97 Å². The van der Waals surface area contributed by atoms with E-state index in [1.54, 1.807) is 12.1 Å². The van der Waals surface area contributed by atoms with Gasteiger partial charge in [-0.2, -0.15) is 0 Å². The van der Waals surface area contributed by atoms with E-state index in [0.29, 0.717) is 5.52 Å². The number of para-hydroxylation sites is 2. The summed E-state index contributed by atoms with van der Waals surface area (Å²) in [7, 11) is 0. The van der Waals surface area contributed by atoms with E-state index < -0.39 is 5.97 Å². The summed E-state index contributed by atoms with van der Waals surface area (Å²) in [4.78, 5) is 17.0. The molecule has 0 radical (unpaired) electrons. The van der Waals surface area contributed by atoms with E-state index in [9.17, 15) is 4.79 Å². The molecule has 1 aromatic heterocycles. The molecule has 5 heteroatoms. The fraction of sp³-hybridized carbons (Fsp3) is 0.385. The Morgan fingerprint density at radius 1 is 1.39 bits per heavy atom. The Kier molecular flexibility index (Phi) is 5.87. The number of aromatic nitrogens is 2. The minimum Gasteiger partial charge on any atom is -0.475 e. The maximum atomic E-state index is 10.5. The third-order valence-corrected chi connectivity index (χ3v) is 2.40. The van der Waals surface area contributed by atoms with E-state index in [-0.39, 0.29) is 5.82 Å². The van der Waals surface area contributed by atoms with E-state index in [1.807, 2.05) is 12.1 Å². The SMILES string of the molecule is CCCCCN.O=C(O)c1nc2ccccc2[nH]1. The first kappa shape index (κ1) is 14.2. The third-order valence-electron chi connectivity index (χ3n) is 2.40. The van der Waals surface area contributed by atoms with Crippen LogP contribution in [0, 0.1) is 0 Å². The van der Waals surface area contributed by atoms with E-state index in [1.165, 1.54) is 19.3 Å². The molecule has 2 rings (SSSR count). The number of carboxylic acid groups (broad SMARTS) is 1. The van der Waals surface area contributed by atoms with Crippen LogP contribution in [0.3, 0.4) is 0 Å². The molecule has 2 aromatic rings. The summed E-state index contributed by atoms with van der Waals surface area (Å²) >= 11 is 0. The fourth-order valence-corrected chi connectivity index (χ4v) is 1.45. The van der Waals surface area contributed by atoms with Crippen LogP contribution >= 0.6 is 0 Å². The number of hydrogen-bond acceptors (Lipinski definition) is 3. The minimum absolute atomic E-state index is 0.0174. The number of carboxylic acids is 1. The van der Waals surface area contributed by atoms with Crippen LogP contribution in [-0.2, 0) is 0 Å². The molecular formula is C13H19N3O2. The molecule has 0 spiro atoms. The quantitative estimate of drug-likeness (QED) is 0.725. The second-order valence-corrected chi connectivity index (χ2v) is 3.90. The highest BCUT2D eigenvalue weighted by atomic mass is 16.4. The van der Waals surface area contributed by atoms with Gasteiger partial charge in [-0.05, 0) is 25.1 Å². The van der Waals surface area contributed by atoms with Crippen molar-refractivity contribution in [3.05, 3.63) is 30.1 Å². The van der Waals surface area contributed by atoms with E-state index in [0.717, 1.165) is 12.1 Å². The average molecular weight is 249 g/mol. The van der Waals surface area contributed by atoms with Crippen molar-refractivity contribution in [3.8, 4) is 0 Å². The second kappa shape index (κ2) is 7.45. The number of H-pyrrole nitrogens is 1. The maximum absolute atomic E-state index is 10.5. The van der Waals surface area contributed by atoms with Gasteiger partial charge in [-0.1, -0.05) is 31.9 Å². The predicted molar refractivity (Wildman–Crippen MR) is 71.6 cm³/mol. The average Bonchev–Trinajstić information content (AvgIpc) is 2.81. The van der Waals surface area contributed by atoms with Crippen molar-refractivity contribution < 1.29 is 9.90 Å². The van der Waals surface area contributed by atoms with Crippen LogP contribution in [0.2, 0.25) is 0 Å². The Morgan fingerprint density at radius 3 is 2.61 bits per heavy atom. The van der Waals surface area contributed by atoms with Gasteiger partial charge in [0.05, 0.1) is 11.0 Å². The molecule has 0 fully saturated rings. The van der Waals surface area contributed by atoms with E-state index in [4.69, 9.17) is 10.8 Å². The maximum Gasteiger partial charge on any atom is 0.371 e. The van der Waals surface area contributed by atoms with Crippen LogP contribution in [0.4, 0.5) is 0 Å². The third kappa shape index (κ3) is 4.18. The minimum atomic E-state index is -1.04. The summed E-state index contributed by atoms with van der Waals surface area (Å²) in [5.74, 6) is -1.05. The number of nitrogens with zero attached hydrogens (tertiary/aromatic N) is 1. The monoisotopic (exact) mass is 249 g/mol. The van der Waals surface area contributed by atoms with Crippen LogP contribution in [0.15, 0.2) is 24.3 Å². The molecule has 0 bridgehead atoms. The number of rotatable bonds is 4. The van der Waals surface area contributed by atoms with Gasteiger partial charge in [0.1, 0.15) is 0 Å². The largest absolute Gasteiger partial charge is 0.475 e. The van der Waals surface area contributed by atoms with Gasteiger partial charge in [0.2, 0.25) is 5.82 Å². The Labute approximate surface area is 106 Å². The highest BCUT2D eigenvalue weighted by molar-refractivity contribution is 5.88. The number of hydrogen-bond donors (Lipinski definition) is 3. The molecule has 1 heterocycles. The molecule has 0 atom stereocenters. The number of aromatic amines is 1. The van der Waals surface area contributed by atoms with Gasteiger partial charge in [-0.25, -0.2) is 9.78 Å². The van der Waals surface area contributed by atoms with Crippen molar-refractivity contribution in [1.82, 2.24) is 9.97 Å². The first-order valence-corrected chi connectivity index (χ1v) is 6.07. The number of imidazole rings is 1. The van der Waals surface area contributed by atoms with Crippen molar-refractivity contribution in [2.45, 2.75) is 26.2 Å². The Hall–Kier alpha value is -1.88. The lowest BCUT2D eigenvalue weighted by molar-refractivity contribution is 0.0685. The van der Waals surface area contributed by atoms with Crippen LogP contribution in [0.25, 0.3) is 11.0 Å². The molecule has 1 aromatic carbocycles. The topological polar surface area (TPSA) is 92.0 Å². The van der Waals surface area contributed by atoms with Gasteiger partial charge < -0.3 is 15.8 Å². The first-order chi connectivity index (χ1) is 8.69. The molecule has 0 saturated carbocycles. The van der Waals surface area contributed by atoms with Crippen molar-refractivity contribution in [1.29, 1.82) is 0 Å². The van der Waals surface area contributed by atoms with Crippen molar-refractivity contribution in [2.24, 2.45) is 5.73 Å². The number of fused-ring (bicyclic) bond motifs is 1. The summed E-state index contributed by atoms with van der Waals surface area (Å²) in [5.41, 5.74) is 6.64. The number of nitrogens with two attached hydrogens (primary N) is 1. The molecule has 0 aliphatic carbocycles. The molecule has 18 heavy (non-hydrogen) atoms.